The van der Waals surface area contributed by atoms with Gasteiger partial charge >= 0.3 is 0 Å². The van der Waals surface area contributed by atoms with Crippen LogP contribution in [-0.2, 0) is 10.0 Å². The molecule has 0 heterocycles. The third-order valence-electron chi connectivity index (χ3n) is 4.00. The molecule has 2 rings (SSSR count). The average Bonchev–Trinajstić information content (AvgIpc) is 2.47. The number of benzene rings is 1. The van der Waals surface area contributed by atoms with Gasteiger partial charge in [0.1, 0.15) is 0 Å². The first-order valence-electron chi connectivity index (χ1n) is 7.18. The maximum Gasteiger partial charge on any atom is 0.240 e. The van der Waals surface area contributed by atoms with Crippen molar-refractivity contribution in [3.05, 3.63) is 29.8 Å². The molecule has 1 aromatic carbocycles. The van der Waals surface area contributed by atoms with Crippen LogP contribution in [0, 0.1) is 5.92 Å². The van der Waals surface area contributed by atoms with Crippen molar-refractivity contribution in [1.29, 1.82) is 0 Å². The molecule has 0 saturated heterocycles. The standard InChI is InChI=1S/C15H21NO4S/c1-11(18)12-6-4-7-14(9-12)21(19,20)16-15-8-3-2-5-13(15)10-17/h4,6-7,9,13,15-17H,2-3,5,8,10H2,1H3. The Hall–Kier alpha value is -1.24. The molecular formula is C15H21NO4S. The highest BCUT2D eigenvalue weighted by atomic mass is 32.2. The van der Waals surface area contributed by atoms with E-state index in [9.17, 15) is 18.3 Å². The van der Waals surface area contributed by atoms with Crippen LogP contribution in [0.4, 0.5) is 0 Å². The molecular weight excluding hydrogens is 290 g/mol. The third-order valence-corrected chi connectivity index (χ3v) is 5.49. The Morgan fingerprint density at radius 3 is 2.71 bits per heavy atom. The molecule has 116 valence electrons. The first kappa shape index (κ1) is 16.1. The summed E-state index contributed by atoms with van der Waals surface area (Å²) in [5.41, 5.74) is 0.375. The molecule has 2 atom stereocenters. The smallest absolute Gasteiger partial charge is 0.240 e. The summed E-state index contributed by atoms with van der Waals surface area (Å²) in [5.74, 6) is -0.206. The average molecular weight is 311 g/mol. The van der Waals surface area contributed by atoms with E-state index in [1.165, 1.54) is 19.1 Å². The molecule has 0 spiro atoms. The zero-order valence-corrected chi connectivity index (χ0v) is 12.9. The summed E-state index contributed by atoms with van der Waals surface area (Å²) in [6, 6.07) is 5.79. The van der Waals surface area contributed by atoms with E-state index in [0.29, 0.717) is 5.56 Å². The summed E-state index contributed by atoms with van der Waals surface area (Å²) in [7, 11) is -3.67. The second kappa shape index (κ2) is 6.68. The van der Waals surface area contributed by atoms with E-state index in [1.54, 1.807) is 12.1 Å². The van der Waals surface area contributed by atoms with Crippen molar-refractivity contribution in [3.8, 4) is 0 Å². The van der Waals surface area contributed by atoms with Crippen LogP contribution in [0.25, 0.3) is 0 Å². The minimum absolute atomic E-state index is 0.0132. The number of carbonyl (C=O) groups excluding carboxylic acids is 1. The minimum Gasteiger partial charge on any atom is -0.396 e. The summed E-state index contributed by atoms with van der Waals surface area (Å²) < 4.78 is 27.5. The van der Waals surface area contributed by atoms with Crippen LogP contribution in [0.2, 0.25) is 0 Å². The van der Waals surface area contributed by atoms with Crippen LogP contribution in [0.1, 0.15) is 43.0 Å². The van der Waals surface area contributed by atoms with Gasteiger partial charge in [-0.25, -0.2) is 13.1 Å². The van der Waals surface area contributed by atoms with Gasteiger partial charge in [0.15, 0.2) is 5.78 Å². The van der Waals surface area contributed by atoms with Gasteiger partial charge in [0.25, 0.3) is 0 Å². The van der Waals surface area contributed by atoms with Crippen molar-refractivity contribution >= 4 is 15.8 Å². The Balaban J connectivity index is 2.21. The predicted molar refractivity (Wildman–Crippen MR) is 79.6 cm³/mol. The number of nitrogens with one attached hydrogen (secondary N) is 1. The lowest BCUT2D eigenvalue weighted by molar-refractivity contribution is 0.101. The summed E-state index contributed by atoms with van der Waals surface area (Å²) in [5, 5.41) is 9.37. The summed E-state index contributed by atoms with van der Waals surface area (Å²) in [6.07, 6.45) is 3.54. The highest BCUT2D eigenvalue weighted by molar-refractivity contribution is 7.89. The first-order chi connectivity index (χ1) is 9.94. The summed E-state index contributed by atoms with van der Waals surface area (Å²) in [4.78, 5) is 11.5. The Morgan fingerprint density at radius 2 is 2.05 bits per heavy atom. The number of sulfonamides is 1. The van der Waals surface area contributed by atoms with Gasteiger partial charge in [-0.15, -0.1) is 0 Å². The second-order valence-electron chi connectivity index (χ2n) is 5.54. The van der Waals surface area contributed by atoms with E-state index in [0.717, 1.165) is 25.7 Å². The SMILES string of the molecule is CC(=O)c1cccc(S(=O)(=O)NC2CCCCC2CO)c1. The van der Waals surface area contributed by atoms with Crippen molar-refractivity contribution < 1.29 is 18.3 Å². The molecule has 0 bridgehead atoms. The number of aliphatic hydroxyl groups is 1. The van der Waals surface area contributed by atoms with Crippen molar-refractivity contribution in [1.82, 2.24) is 4.72 Å². The summed E-state index contributed by atoms with van der Waals surface area (Å²) in [6.45, 7) is 1.39. The molecule has 0 amide bonds. The van der Waals surface area contributed by atoms with Crippen molar-refractivity contribution in [2.45, 2.75) is 43.5 Å². The van der Waals surface area contributed by atoms with Gasteiger partial charge in [-0.2, -0.15) is 0 Å². The molecule has 5 nitrogen and oxygen atoms in total. The number of hydrogen-bond acceptors (Lipinski definition) is 4. The van der Waals surface area contributed by atoms with Crippen molar-refractivity contribution in [3.63, 3.8) is 0 Å². The van der Waals surface area contributed by atoms with E-state index in [4.69, 9.17) is 0 Å². The van der Waals surface area contributed by atoms with Crippen LogP contribution in [0.5, 0.6) is 0 Å². The molecule has 0 radical (unpaired) electrons. The fourth-order valence-corrected chi connectivity index (χ4v) is 4.12. The molecule has 21 heavy (non-hydrogen) atoms. The molecule has 2 N–H and O–H groups in total. The quantitative estimate of drug-likeness (QED) is 0.811. The molecule has 0 aromatic heterocycles. The number of carbonyl (C=O) groups is 1. The van der Waals surface area contributed by atoms with Crippen molar-refractivity contribution in [2.75, 3.05) is 6.61 Å². The summed E-state index contributed by atoms with van der Waals surface area (Å²) >= 11 is 0. The molecule has 1 fully saturated rings. The maximum absolute atomic E-state index is 12.4. The molecule has 1 saturated carbocycles. The number of ketones is 1. The van der Waals surface area contributed by atoms with Crippen LogP contribution < -0.4 is 4.72 Å². The molecule has 1 aromatic rings. The maximum atomic E-state index is 12.4. The molecule has 1 aliphatic rings. The third kappa shape index (κ3) is 3.90. The lowest BCUT2D eigenvalue weighted by Gasteiger charge is -2.30. The largest absolute Gasteiger partial charge is 0.396 e. The van der Waals surface area contributed by atoms with Crippen LogP contribution in [0.15, 0.2) is 29.2 Å². The highest BCUT2D eigenvalue weighted by Gasteiger charge is 2.29. The number of aliphatic hydroxyl groups excluding tert-OH is 1. The van der Waals surface area contributed by atoms with Crippen LogP contribution in [-0.4, -0.2) is 32.0 Å². The van der Waals surface area contributed by atoms with Gasteiger partial charge in [-0.1, -0.05) is 25.0 Å². The number of rotatable bonds is 5. The Kier molecular flexibility index (Phi) is 5.13. The Morgan fingerprint density at radius 1 is 1.33 bits per heavy atom. The van der Waals surface area contributed by atoms with Gasteiger partial charge in [0.2, 0.25) is 10.0 Å². The normalized spacial score (nSPS) is 23.0. The number of hydrogen-bond donors (Lipinski definition) is 2. The monoisotopic (exact) mass is 311 g/mol. The predicted octanol–water partition coefficient (Wildman–Crippen LogP) is 1.72. The van der Waals surface area contributed by atoms with Gasteiger partial charge in [0, 0.05) is 18.2 Å². The molecule has 0 aliphatic heterocycles. The topological polar surface area (TPSA) is 83.5 Å². The molecule has 2 unspecified atom stereocenters. The molecule has 1 aliphatic carbocycles. The first-order valence-corrected chi connectivity index (χ1v) is 8.66. The number of Topliss-reactive ketones (excluding diaryl/α,β-unsaturated/α-hetero) is 1. The zero-order valence-electron chi connectivity index (χ0n) is 12.1. The Labute approximate surface area is 125 Å². The van der Waals surface area contributed by atoms with Crippen molar-refractivity contribution in [2.24, 2.45) is 5.92 Å². The van der Waals surface area contributed by atoms with Gasteiger partial charge in [0.05, 0.1) is 4.90 Å². The van der Waals surface area contributed by atoms with E-state index in [2.05, 4.69) is 4.72 Å². The van der Waals surface area contributed by atoms with Gasteiger partial charge < -0.3 is 5.11 Å². The lowest BCUT2D eigenvalue weighted by Crippen LogP contribution is -2.43. The van der Waals surface area contributed by atoms with E-state index in [-0.39, 0.29) is 29.2 Å². The fraction of sp³-hybridized carbons (Fsp3) is 0.533. The molecule has 6 heteroatoms. The van der Waals surface area contributed by atoms with Gasteiger partial charge in [-0.05, 0) is 37.8 Å². The minimum atomic E-state index is -3.67. The van der Waals surface area contributed by atoms with Crippen LogP contribution in [0.3, 0.4) is 0 Å². The lowest BCUT2D eigenvalue weighted by atomic mass is 9.86. The Bertz CT molecular complexity index is 612. The van der Waals surface area contributed by atoms with E-state index < -0.39 is 10.0 Å². The second-order valence-corrected chi connectivity index (χ2v) is 7.25. The zero-order chi connectivity index (χ0) is 15.5. The van der Waals surface area contributed by atoms with E-state index in [1.807, 2.05) is 0 Å². The van der Waals surface area contributed by atoms with Gasteiger partial charge in [-0.3, -0.25) is 4.79 Å². The highest BCUT2D eigenvalue weighted by Crippen LogP contribution is 2.25. The fourth-order valence-electron chi connectivity index (χ4n) is 2.73. The van der Waals surface area contributed by atoms with E-state index >= 15 is 0 Å². The van der Waals surface area contributed by atoms with Crippen LogP contribution >= 0.6 is 0 Å².